The van der Waals surface area contributed by atoms with Crippen molar-refractivity contribution in [2.24, 2.45) is 5.73 Å². The molecule has 0 aliphatic heterocycles. The van der Waals surface area contributed by atoms with Gasteiger partial charge < -0.3 is 5.73 Å². The Balaban J connectivity index is 3.99. The van der Waals surface area contributed by atoms with Gasteiger partial charge in [-0.05, 0) is 0 Å². The molecule has 3 nitrogen and oxygen atoms in total. The van der Waals surface area contributed by atoms with Gasteiger partial charge in [-0.1, -0.05) is 0 Å². The van der Waals surface area contributed by atoms with Crippen molar-refractivity contribution < 1.29 is 22.2 Å². The zero-order valence-corrected chi connectivity index (χ0v) is 5.46. The molecule has 0 saturated carbocycles. The van der Waals surface area contributed by atoms with Crippen LogP contribution in [0.1, 0.15) is 0 Å². The lowest BCUT2D eigenvalue weighted by Crippen LogP contribution is -2.27. The van der Waals surface area contributed by atoms with E-state index in [1.165, 1.54) is 0 Å². The SMILES string of the molecule is NC(=O)CS(=O)C(F)(F)F. The molecule has 10 heavy (non-hydrogen) atoms. The molecule has 0 rings (SSSR count). The minimum atomic E-state index is -4.84. The number of carbonyl (C=O) groups excluding carboxylic acids is 1. The summed E-state index contributed by atoms with van der Waals surface area (Å²) in [5.41, 5.74) is -0.480. The summed E-state index contributed by atoms with van der Waals surface area (Å²) in [5.74, 6) is -2.39. The summed E-state index contributed by atoms with van der Waals surface area (Å²) < 4.78 is 43.9. The van der Waals surface area contributed by atoms with E-state index in [2.05, 4.69) is 5.73 Å². The Morgan fingerprint density at radius 3 is 2.00 bits per heavy atom. The van der Waals surface area contributed by atoms with Gasteiger partial charge in [-0.3, -0.25) is 4.79 Å². The number of primary amides is 1. The van der Waals surface area contributed by atoms with Crippen LogP contribution in [0.4, 0.5) is 13.2 Å². The standard InChI is InChI=1S/C3H4F3NO2S/c4-3(5,6)10(9)1-2(7)8/h1H2,(H2,7,8). The Labute approximate surface area is 56.8 Å². The van der Waals surface area contributed by atoms with Gasteiger partial charge in [0, 0.05) is 0 Å². The Hall–Kier alpha value is -0.590. The van der Waals surface area contributed by atoms with Crippen LogP contribution in [0.2, 0.25) is 0 Å². The van der Waals surface area contributed by atoms with Gasteiger partial charge in [0.15, 0.2) is 0 Å². The van der Waals surface area contributed by atoms with E-state index in [1.807, 2.05) is 0 Å². The number of amides is 1. The normalized spacial score (nSPS) is 14.7. The van der Waals surface area contributed by atoms with Gasteiger partial charge in [0.25, 0.3) is 0 Å². The van der Waals surface area contributed by atoms with E-state index in [1.54, 1.807) is 0 Å². The lowest BCUT2D eigenvalue weighted by Gasteiger charge is -2.01. The van der Waals surface area contributed by atoms with Crippen molar-refractivity contribution in [3.63, 3.8) is 0 Å². The van der Waals surface area contributed by atoms with E-state index in [9.17, 15) is 22.2 Å². The fourth-order valence-corrected chi connectivity index (χ4v) is 0.633. The zero-order chi connectivity index (χ0) is 8.36. The van der Waals surface area contributed by atoms with Gasteiger partial charge in [0.1, 0.15) is 16.6 Å². The summed E-state index contributed by atoms with van der Waals surface area (Å²) in [4.78, 5) is 9.79. The van der Waals surface area contributed by atoms with Crippen molar-refractivity contribution in [1.82, 2.24) is 0 Å². The molecule has 0 radical (unpaired) electrons. The van der Waals surface area contributed by atoms with Crippen molar-refractivity contribution in [3.05, 3.63) is 0 Å². The van der Waals surface area contributed by atoms with Crippen molar-refractivity contribution in [1.29, 1.82) is 0 Å². The maximum Gasteiger partial charge on any atom is 0.471 e. The fraction of sp³-hybridized carbons (Fsp3) is 0.667. The molecule has 0 fully saturated rings. The van der Waals surface area contributed by atoms with Crippen LogP contribution in [0.5, 0.6) is 0 Å². The first-order chi connectivity index (χ1) is 4.34. The number of carbonyl (C=O) groups is 1. The van der Waals surface area contributed by atoms with Crippen LogP contribution in [-0.2, 0) is 15.6 Å². The third kappa shape index (κ3) is 3.44. The van der Waals surface area contributed by atoms with Crippen LogP contribution < -0.4 is 5.73 Å². The summed E-state index contributed by atoms with van der Waals surface area (Å²) in [6, 6.07) is 0. The minimum Gasteiger partial charge on any atom is -0.369 e. The molecule has 0 bridgehead atoms. The predicted octanol–water partition coefficient (Wildman–Crippen LogP) is -0.260. The van der Waals surface area contributed by atoms with E-state index in [4.69, 9.17) is 0 Å². The van der Waals surface area contributed by atoms with Crippen LogP contribution in [-0.4, -0.2) is 21.4 Å². The van der Waals surface area contributed by atoms with E-state index in [0.29, 0.717) is 0 Å². The highest BCUT2D eigenvalue weighted by atomic mass is 32.2. The van der Waals surface area contributed by atoms with Gasteiger partial charge in [-0.2, -0.15) is 13.2 Å². The number of nitrogens with two attached hydrogens (primary N) is 1. The van der Waals surface area contributed by atoms with Gasteiger partial charge in [-0.25, -0.2) is 4.21 Å². The van der Waals surface area contributed by atoms with Gasteiger partial charge in [0.05, 0.1) is 0 Å². The molecular weight excluding hydrogens is 171 g/mol. The van der Waals surface area contributed by atoms with Crippen LogP contribution in [0.15, 0.2) is 0 Å². The molecule has 7 heteroatoms. The molecule has 0 aliphatic rings. The molecule has 1 unspecified atom stereocenters. The largest absolute Gasteiger partial charge is 0.471 e. The molecule has 0 spiro atoms. The van der Waals surface area contributed by atoms with Crippen molar-refractivity contribution in [2.45, 2.75) is 5.51 Å². The predicted molar refractivity (Wildman–Crippen MR) is 28.3 cm³/mol. The summed E-state index contributed by atoms with van der Waals surface area (Å²) in [5, 5.41) is 0. The smallest absolute Gasteiger partial charge is 0.369 e. The highest BCUT2D eigenvalue weighted by Crippen LogP contribution is 2.19. The van der Waals surface area contributed by atoms with E-state index in [-0.39, 0.29) is 0 Å². The number of hydrogen-bond donors (Lipinski definition) is 1. The molecule has 0 aromatic rings. The quantitative estimate of drug-likeness (QED) is 0.628. The van der Waals surface area contributed by atoms with E-state index < -0.39 is 28.0 Å². The first-order valence-corrected chi connectivity index (χ1v) is 3.39. The summed E-state index contributed by atoms with van der Waals surface area (Å²) in [7, 11) is -3.14. The molecule has 0 aliphatic carbocycles. The molecule has 1 amide bonds. The topological polar surface area (TPSA) is 60.2 Å². The number of rotatable bonds is 2. The second kappa shape index (κ2) is 3.00. The second-order valence-corrected chi connectivity index (χ2v) is 2.84. The van der Waals surface area contributed by atoms with Crippen LogP contribution in [0, 0.1) is 0 Å². The van der Waals surface area contributed by atoms with Gasteiger partial charge >= 0.3 is 5.51 Å². The van der Waals surface area contributed by atoms with Crippen molar-refractivity contribution in [2.75, 3.05) is 5.75 Å². The lowest BCUT2D eigenvalue weighted by atomic mass is 10.8. The Morgan fingerprint density at radius 2 is 1.90 bits per heavy atom. The highest BCUT2D eigenvalue weighted by Gasteiger charge is 2.37. The highest BCUT2D eigenvalue weighted by molar-refractivity contribution is 7.86. The molecule has 1 atom stereocenters. The van der Waals surface area contributed by atoms with Crippen LogP contribution in [0.25, 0.3) is 0 Å². The average molecular weight is 175 g/mol. The van der Waals surface area contributed by atoms with Crippen molar-refractivity contribution in [3.8, 4) is 0 Å². The Morgan fingerprint density at radius 1 is 1.50 bits per heavy atom. The minimum absolute atomic E-state index is 1.16. The third-order valence-electron chi connectivity index (χ3n) is 0.532. The number of halogens is 3. The Kier molecular flexibility index (Phi) is 2.82. The lowest BCUT2D eigenvalue weighted by molar-refractivity contribution is -0.115. The van der Waals surface area contributed by atoms with Gasteiger partial charge in [-0.15, -0.1) is 0 Å². The first kappa shape index (κ1) is 9.41. The van der Waals surface area contributed by atoms with Crippen molar-refractivity contribution >= 4 is 16.7 Å². The molecule has 0 heterocycles. The average Bonchev–Trinajstić information content (AvgIpc) is 1.60. The summed E-state index contributed by atoms with van der Waals surface area (Å²) in [6.45, 7) is 0. The third-order valence-corrected chi connectivity index (χ3v) is 1.59. The monoisotopic (exact) mass is 175 g/mol. The molecule has 0 saturated heterocycles. The molecule has 0 aromatic heterocycles. The fourth-order valence-electron chi connectivity index (χ4n) is 0.211. The zero-order valence-electron chi connectivity index (χ0n) is 4.64. The first-order valence-electron chi connectivity index (χ1n) is 2.07. The maximum atomic E-state index is 11.3. The molecular formula is C3H4F3NO2S. The van der Waals surface area contributed by atoms with E-state index in [0.717, 1.165) is 0 Å². The van der Waals surface area contributed by atoms with Crippen LogP contribution >= 0.6 is 0 Å². The van der Waals surface area contributed by atoms with E-state index >= 15 is 0 Å². The summed E-state index contributed by atoms with van der Waals surface area (Å²) in [6.07, 6.45) is 0. The second-order valence-electron chi connectivity index (χ2n) is 1.40. The molecule has 60 valence electrons. The maximum absolute atomic E-state index is 11.3. The summed E-state index contributed by atoms with van der Waals surface area (Å²) >= 11 is 0. The number of hydrogen-bond acceptors (Lipinski definition) is 2. The van der Waals surface area contributed by atoms with Crippen LogP contribution in [0.3, 0.4) is 0 Å². The van der Waals surface area contributed by atoms with Gasteiger partial charge in [0.2, 0.25) is 5.91 Å². The number of alkyl halides is 3. The molecule has 2 N–H and O–H groups in total. The molecule has 0 aromatic carbocycles. The Bertz CT molecular complexity index is 166.